The van der Waals surface area contributed by atoms with Gasteiger partial charge < -0.3 is 9.64 Å². The van der Waals surface area contributed by atoms with E-state index in [9.17, 15) is 14.9 Å². The van der Waals surface area contributed by atoms with Gasteiger partial charge in [0.1, 0.15) is 21.8 Å². The Morgan fingerprint density at radius 1 is 1.33 bits per heavy atom. The van der Waals surface area contributed by atoms with E-state index in [0.717, 1.165) is 12.2 Å². The fraction of sp³-hybridized carbons (Fsp3) is 0.429. The summed E-state index contributed by atoms with van der Waals surface area (Å²) in [6.45, 7) is 10.6. The number of nitriles is 1. The summed E-state index contributed by atoms with van der Waals surface area (Å²) in [5, 5.41) is 9.65. The number of hydrogen-bond acceptors (Lipinski definition) is 7. The molecule has 0 saturated carbocycles. The van der Waals surface area contributed by atoms with Crippen LogP contribution in [0.4, 0.5) is 5.82 Å². The van der Waals surface area contributed by atoms with E-state index in [4.69, 9.17) is 17.0 Å². The number of morpholine rings is 1. The van der Waals surface area contributed by atoms with E-state index in [2.05, 4.69) is 17.5 Å². The Balaban J connectivity index is 2.24. The minimum Gasteiger partial charge on any atom is -0.378 e. The molecule has 0 unspecified atom stereocenters. The first-order valence-corrected chi connectivity index (χ1v) is 11.0. The van der Waals surface area contributed by atoms with Crippen LogP contribution >= 0.6 is 24.0 Å². The molecule has 9 heteroatoms. The molecular formula is C21H24N4O3S2. The van der Waals surface area contributed by atoms with Gasteiger partial charge in [0.15, 0.2) is 0 Å². The molecule has 3 heterocycles. The third kappa shape index (κ3) is 4.08. The van der Waals surface area contributed by atoms with E-state index in [0.29, 0.717) is 59.7 Å². The lowest BCUT2D eigenvalue weighted by Crippen LogP contribution is -2.41. The van der Waals surface area contributed by atoms with Gasteiger partial charge >= 0.3 is 0 Å². The molecule has 158 valence electrons. The maximum absolute atomic E-state index is 13.1. The first-order valence-electron chi connectivity index (χ1n) is 9.81. The summed E-state index contributed by atoms with van der Waals surface area (Å²) in [4.78, 5) is 30.0. The van der Waals surface area contributed by atoms with Crippen molar-refractivity contribution in [3.05, 3.63) is 44.6 Å². The number of aromatic nitrogens is 1. The molecule has 7 nitrogen and oxygen atoms in total. The highest BCUT2D eigenvalue weighted by Gasteiger charge is 2.32. The first kappa shape index (κ1) is 22.3. The van der Waals surface area contributed by atoms with Gasteiger partial charge in [0, 0.05) is 31.7 Å². The van der Waals surface area contributed by atoms with Gasteiger partial charge in [-0.15, -0.1) is 6.58 Å². The minimum atomic E-state index is -0.297. The molecule has 2 fully saturated rings. The predicted molar refractivity (Wildman–Crippen MR) is 124 cm³/mol. The number of thioether (sulfide) groups is 1. The third-order valence-electron chi connectivity index (χ3n) is 5.06. The fourth-order valence-corrected chi connectivity index (χ4v) is 4.87. The SMILES string of the molecule is C=CCN1C(=O)/C(=C/c2c(C)c(C#N)c(=O)n(CCC)c2N2CCOCC2)SC1=S. The molecule has 2 saturated heterocycles. The van der Waals surface area contributed by atoms with Crippen molar-refractivity contribution in [1.82, 2.24) is 9.47 Å². The van der Waals surface area contributed by atoms with Gasteiger partial charge in [-0.05, 0) is 25.0 Å². The molecule has 0 aromatic carbocycles. The van der Waals surface area contributed by atoms with Crippen molar-refractivity contribution in [3.63, 3.8) is 0 Å². The van der Waals surface area contributed by atoms with Crippen LogP contribution in [-0.2, 0) is 16.1 Å². The average Bonchev–Trinajstić information content (AvgIpc) is 3.00. The molecule has 0 N–H and O–H groups in total. The summed E-state index contributed by atoms with van der Waals surface area (Å²) in [5.74, 6) is 0.541. The summed E-state index contributed by atoms with van der Waals surface area (Å²) in [7, 11) is 0. The van der Waals surface area contributed by atoms with Crippen molar-refractivity contribution in [1.29, 1.82) is 5.26 Å². The maximum Gasteiger partial charge on any atom is 0.270 e. The molecule has 0 radical (unpaired) electrons. The number of carbonyl (C=O) groups excluding carboxylic acids is 1. The summed E-state index contributed by atoms with van der Waals surface area (Å²) < 4.78 is 7.61. The number of anilines is 1. The Morgan fingerprint density at radius 2 is 2.03 bits per heavy atom. The van der Waals surface area contributed by atoms with E-state index in [1.165, 1.54) is 16.7 Å². The highest BCUT2D eigenvalue weighted by molar-refractivity contribution is 8.26. The first-order chi connectivity index (χ1) is 14.4. The molecule has 30 heavy (non-hydrogen) atoms. The molecule has 1 aromatic rings. The molecule has 0 aliphatic carbocycles. The Bertz CT molecular complexity index is 1020. The van der Waals surface area contributed by atoms with Crippen LogP contribution in [0.1, 0.15) is 30.0 Å². The largest absolute Gasteiger partial charge is 0.378 e. The molecule has 1 amide bonds. The van der Waals surface area contributed by atoms with Gasteiger partial charge in [-0.3, -0.25) is 19.1 Å². The van der Waals surface area contributed by atoms with Gasteiger partial charge in [-0.1, -0.05) is 37.0 Å². The third-order valence-corrected chi connectivity index (χ3v) is 6.44. The van der Waals surface area contributed by atoms with Crippen LogP contribution in [0.2, 0.25) is 0 Å². The Morgan fingerprint density at radius 3 is 2.63 bits per heavy atom. The van der Waals surface area contributed by atoms with E-state index in [1.54, 1.807) is 23.6 Å². The molecule has 2 aliphatic heterocycles. The lowest BCUT2D eigenvalue weighted by molar-refractivity contribution is -0.121. The number of hydrogen-bond donors (Lipinski definition) is 0. The van der Waals surface area contributed by atoms with Gasteiger partial charge in [0.2, 0.25) is 0 Å². The number of thiocarbonyl (C=S) groups is 1. The van der Waals surface area contributed by atoms with Crippen LogP contribution < -0.4 is 10.5 Å². The van der Waals surface area contributed by atoms with E-state index in [-0.39, 0.29) is 17.0 Å². The monoisotopic (exact) mass is 444 g/mol. The second-order valence-electron chi connectivity index (χ2n) is 6.99. The predicted octanol–water partition coefficient (Wildman–Crippen LogP) is 2.66. The topological polar surface area (TPSA) is 78.6 Å². The second kappa shape index (κ2) is 9.60. The zero-order valence-corrected chi connectivity index (χ0v) is 18.8. The van der Waals surface area contributed by atoms with Crippen LogP contribution in [0.25, 0.3) is 6.08 Å². The number of nitrogens with zero attached hydrogens (tertiary/aromatic N) is 4. The lowest BCUT2D eigenvalue weighted by Gasteiger charge is -2.33. The van der Waals surface area contributed by atoms with Crippen molar-refractivity contribution >= 4 is 46.1 Å². The molecule has 0 bridgehead atoms. The number of pyridine rings is 1. The van der Waals surface area contributed by atoms with Crippen LogP contribution in [-0.4, -0.2) is 52.5 Å². The van der Waals surface area contributed by atoms with Crippen molar-refractivity contribution in [2.24, 2.45) is 0 Å². The maximum atomic E-state index is 13.1. The Kier molecular flexibility index (Phi) is 7.13. The number of amides is 1. The van der Waals surface area contributed by atoms with E-state index < -0.39 is 0 Å². The van der Waals surface area contributed by atoms with Crippen LogP contribution in [0, 0.1) is 18.3 Å². The smallest absolute Gasteiger partial charge is 0.270 e. The molecule has 0 atom stereocenters. The zero-order valence-electron chi connectivity index (χ0n) is 17.1. The fourth-order valence-electron chi connectivity index (χ4n) is 3.61. The Labute approximate surface area is 185 Å². The summed E-state index contributed by atoms with van der Waals surface area (Å²) >= 11 is 6.57. The van der Waals surface area contributed by atoms with E-state index >= 15 is 0 Å². The summed E-state index contributed by atoms with van der Waals surface area (Å²) in [6.07, 6.45) is 4.15. The average molecular weight is 445 g/mol. The van der Waals surface area contributed by atoms with Crippen molar-refractivity contribution in [2.75, 3.05) is 37.7 Å². The van der Waals surface area contributed by atoms with Crippen LogP contribution in [0.3, 0.4) is 0 Å². The number of rotatable bonds is 6. The van der Waals surface area contributed by atoms with Crippen molar-refractivity contribution in [2.45, 2.75) is 26.8 Å². The van der Waals surface area contributed by atoms with Gasteiger partial charge in [-0.25, -0.2) is 0 Å². The molecular weight excluding hydrogens is 420 g/mol. The highest BCUT2D eigenvalue weighted by Crippen LogP contribution is 2.36. The van der Waals surface area contributed by atoms with Crippen molar-refractivity contribution < 1.29 is 9.53 Å². The molecule has 2 aliphatic rings. The number of ether oxygens (including phenoxy) is 1. The molecule has 3 rings (SSSR count). The van der Waals surface area contributed by atoms with Gasteiger partial charge in [0.25, 0.3) is 11.5 Å². The minimum absolute atomic E-state index is 0.105. The lowest BCUT2D eigenvalue weighted by atomic mass is 10.0. The summed E-state index contributed by atoms with van der Waals surface area (Å²) in [6, 6.07) is 2.06. The van der Waals surface area contributed by atoms with Crippen LogP contribution in [0.5, 0.6) is 0 Å². The van der Waals surface area contributed by atoms with Gasteiger partial charge in [0.05, 0.1) is 18.1 Å². The Hall–Kier alpha value is -2.41. The molecule has 1 aromatic heterocycles. The quantitative estimate of drug-likeness (QED) is 0.379. The normalized spacial score (nSPS) is 18.2. The highest BCUT2D eigenvalue weighted by atomic mass is 32.2. The standard InChI is InChI=1S/C21H24N4O3S2/c1-4-6-24-18(23-8-10-28-11-9-23)15(14(3)16(13-22)19(24)26)12-17-20(27)25(7-5-2)21(29)30-17/h5,12H,2,4,6-11H2,1,3H3/b17-12-. The molecule has 0 spiro atoms. The van der Waals surface area contributed by atoms with Crippen LogP contribution in [0.15, 0.2) is 22.4 Å². The number of carbonyl (C=O) groups is 1. The van der Waals surface area contributed by atoms with E-state index in [1.807, 2.05) is 6.92 Å². The van der Waals surface area contributed by atoms with Crippen molar-refractivity contribution in [3.8, 4) is 6.07 Å². The zero-order chi connectivity index (χ0) is 21.8. The van der Waals surface area contributed by atoms with Gasteiger partial charge in [-0.2, -0.15) is 5.26 Å². The summed E-state index contributed by atoms with van der Waals surface area (Å²) in [5.41, 5.74) is 1.09. The second-order valence-corrected chi connectivity index (χ2v) is 8.66.